The molecule has 0 aliphatic heterocycles. The normalized spacial score (nSPS) is 10.7. The maximum atomic E-state index is 6.21. The van der Waals surface area contributed by atoms with Gasteiger partial charge in [0.05, 0.1) is 18.7 Å². The lowest BCUT2D eigenvalue weighted by Gasteiger charge is -2.19. The monoisotopic (exact) mass is 342 g/mol. The van der Waals surface area contributed by atoms with Gasteiger partial charge < -0.3 is 14.2 Å². The lowest BCUT2D eigenvalue weighted by atomic mass is 10.2. The molecule has 0 amide bonds. The second kappa shape index (κ2) is 6.93. The number of anilines is 1. The maximum Gasteiger partial charge on any atom is 0.163 e. The third-order valence-corrected chi connectivity index (χ3v) is 4.25. The van der Waals surface area contributed by atoms with Crippen molar-refractivity contribution in [2.24, 2.45) is 7.05 Å². The van der Waals surface area contributed by atoms with Crippen molar-refractivity contribution in [1.29, 1.82) is 0 Å². The van der Waals surface area contributed by atoms with Crippen LogP contribution in [0.5, 0.6) is 5.75 Å². The van der Waals surface area contributed by atoms with Crippen molar-refractivity contribution in [3.8, 4) is 17.1 Å². The van der Waals surface area contributed by atoms with Crippen molar-refractivity contribution in [2.75, 3.05) is 19.1 Å². The van der Waals surface area contributed by atoms with Crippen LogP contribution in [0.3, 0.4) is 0 Å². The van der Waals surface area contributed by atoms with E-state index in [0.29, 0.717) is 17.3 Å². The van der Waals surface area contributed by atoms with Gasteiger partial charge in [0, 0.05) is 25.3 Å². The van der Waals surface area contributed by atoms with Crippen molar-refractivity contribution in [3.63, 3.8) is 0 Å². The first-order chi connectivity index (χ1) is 11.6. The standard InChI is InChI=1S/C18H19ClN4O/c1-22(14-9-10-16(24-3)15(19)11-14)12-17-20-21-18(23(17)2)13-7-5-4-6-8-13/h4-11H,12H2,1-3H3. The van der Waals surface area contributed by atoms with Gasteiger partial charge in [-0.1, -0.05) is 41.9 Å². The predicted octanol–water partition coefficient (Wildman–Crippen LogP) is 3.78. The summed E-state index contributed by atoms with van der Waals surface area (Å²) in [4.78, 5) is 2.07. The second-order valence-electron chi connectivity index (χ2n) is 5.54. The molecule has 0 radical (unpaired) electrons. The van der Waals surface area contributed by atoms with Crippen LogP contribution in [-0.4, -0.2) is 28.9 Å². The predicted molar refractivity (Wildman–Crippen MR) is 96.6 cm³/mol. The number of methoxy groups -OCH3 is 1. The molecule has 3 rings (SSSR count). The summed E-state index contributed by atoms with van der Waals surface area (Å²) in [5, 5.41) is 9.23. The summed E-state index contributed by atoms with van der Waals surface area (Å²) >= 11 is 6.21. The molecule has 0 atom stereocenters. The third-order valence-electron chi connectivity index (χ3n) is 3.95. The minimum atomic E-state index is 0.588. The lowest BCUT2D eigenvalue weighted by Crippen LogP contribution is -2.19. The number of hydrogen-bond donors (Lipinski definition) is 0. The van der Waals surface area contributed by atoms with Gasteiger partial charge in [-0.15, -0.1) is 10.2 Å². The molecular weight excluding hydrogens is 324 g/mol. The molecular formula is C18H19ClN4O. The minimum Gasteiger partial charge on any atom is -0.495 e. The van der Waals surface area contributed by atoms with Gasteiger partial charge in [-0.25, -0.2) is 0 Å². The number of ether oxygens (including phenoxy) is 1. The van der Waals surface area contributed by atoms with Crippen molar-refractivity contribution < 1.29 is 4.74 Å². The average molecular weight is 343 g/mol. The highest BCUT2D eigenvalue weighted by molar-refractivity contribution is 6.32. The zero-order valence-corrected chi connectivity index (χ0v) is 14.7. The Labute approximate surface area is 146 Å². The van der Waals surface area contributed by atoms with E-state index in [9.17, 15) is 0 Å². The molecule has 0 saturated heterocycles. The summed E-state index contributed by atoms with van der Waals surface area (Å²) in [6.45, 7) is 0.624. The molecule has 124 valence electrons. The van der Waals surface area contributed by atoms with Crippen molar-refractivity contribution >= 4 is 17.3 Å². The third kappa shape index (κ3) is 3.21. The Morgan fingerprint density at radius 3 is 2.54 bits per heavy atom. The molecule has 3 aromatic rings. The maximum absolute atomic E-state index is 6.21. The van der Waals surface area contributed by atoms with E-state index in [2.05, 4.69) is 15.1 Å². The van der Waals surface area contributed by atoms with E-state index in [1.165, 1.54) is 0 Å². The Bertz CT molecular complexity index is 832. The Balaban J connectivity index is 1.81. The Hall–Kier alpha value is -2.53. The molecule has 0 saturated carbocycles. The molecule has 1 aromatic heterocycles. The van der Waals surface area contributed by atoms with Gasteiger partial charge >= 0.3 is 0 Å². The second-order valence-corrected chi connectivity index (χ2v) is 5.95. The van der Waals surface area contributed by atoms with Gasteiger partial charge in [-0.05, 0) is 18.2 Å². The van der Waals surface area contributed by atoms with Crippen LogP contribution in [0.1, 0.15) is 5.82 Å². The Kier molecular flexibility index (Phi) is 4.71. The fourth-order valence-electron chi connectivity index (χ4n) is 2.53. The van der Waals surface area contributed by atoms with Crippen LogP contribution in [-0.2, 0) is 13.6 Å². The number of nitrogens with zero attached hydrogens (tertiary/aromatic N) is 4. The molecule has 0 aliphatic carbocycles. The van der Waals surface area contributed by atoms with Crippen molar-refractivity contribution in [2.45, 2.75) is 6.54 Å². The first kappa shape index (κ1) is 16.3. The van der Waals surface area contributed by atoms with Crippen LogP contribution in [0.15, 0.2) is 48.5 Å². The minimum absolute atomic E-state index is 0.588. The SMILES string of the molecule is COc1ccc(N(C)Cc2nnc(-c3ccccc3)n2C)cc1Cl. The molecule has 24 heavy (non-hydrogen) atoms. The number of hydrogen-bond acceptors (Lipinski definition) is 4. The number of aromatic nitrogens is 3. The van der Waals surface area contributed by atoms with Gasteiger partial charge in [-0.3, -0.25) is 0 Å². The highest BCUT2D eigenvalue weighted by Crippen LogP contribution is 2.29. The topological polar surface area (TPSA) is 43.2 Å². The molecule has 0 bridgehead atoms. The zero-order valence-electron chi connectivity index (χ0n) is 13.9. The fraction of sp³-hybridized carbons (Fsp3) is 0.222. The summed E-state index contributed by atoms with van der Waals surface area (Å²) < 4.78 is 7.20. The molecule has 0 fully saturated rings. The Morgan fingerprint density at radius 2 is 1.88 bits per heavy atom. The molecule has 5 nitrogen and oxygen atoms in total. The Morgan fingerprint density at radius 1 is 1.12 bits per heavy atom. The molecule has 2 aromatic carbocycles. The quantitative estimate of drug-likeness (QED) is 0.707. The highest BCUT2D eigenvalue weighted by atomic mass is 35.5. The molecule has 0 spiro atoms. The zero-order chi connectivity index (χ0) is 17.1. The number of rotatable bonds is 5. The smallest absolute Gasteiger partial charge is 0.163 e. The van der Waals surface area contributed by atoms with E-state index in [-0.39, 0.29) is 0 Å². The molecule has 0 N–H and O–H groups in total. The summed E-state index contributed by atoms with van der Waals surface area (Å²) in [6, 6.07) is 15.8. The molecule has 0 aliphatic rings. The van der Waals surface area contributed by atoms with Gasteiger partial charge in [0.2, 0.25) is 0 Å². The van der Waals surface area contributed by atoms with Crippen molar-refractivity contribution in [3.05, 3.63) is 59.4 Å². The van der Waals surface area contributed by atoms with Crippen molar-refractivity contribution in [1.82, 2.24) is 14.8 Å². The van der Waals surface area contributed by atoms with Gasteiger partial charge in [0.25, 0.3) is 0 Å². The van der Waals surface area contributed by atoms with Crippen LogP contribution in [0, 0.1) is 0 Å². The average Bonchev–Trinajstić information content (AvgIpc) is 2.96. The molecule has 1 heterocycles. The van der Waals surface area contributed by atoms with Crippen LogP contribution in [0.25, 0.3) is 11.4 Å². The van der Waals surface area contributed by atoms with Crippen LogP contribution >= 0.6 is 11.6 Å². The van der Waals surface area contributed by atoms with Crippen LogP contribution < -0.4 is 9.64 Å². The van der Waals surface area contributed by atoms with E-state index < -0.39 is 0 Å². The van der Waals surface area contributed by atoms with Crippen LogP contribution in [0.4, 0.5) is 5.69 Å². The van der Waals surface area contributed by atoms with Crippen LogP contribution in [0.2, 0.25) is 5.02 Å². The van der Waals surface area contributed by atoms with E-state index in [4.69, 9.17) is 16.3 Å². The largest absolute Gasteiger partial charge is 0.495 e. The van der Waals surface area contributed by atoms with E-state index in [1.54, 1.807) is 7.11 Å². The van der Waals surface area contributed by atoms with E-state index in [1.807, 2.05) is 67.2 Å². The fourth-order valence-corrected chi connectivity index (χ4v) is 2.79. The lowest BCUT2D eigenvalue weighted by molar-refractivity contribution is 0.415. The number of benzene rings is 2. The number of halogens is 1. The van der Waals surface area contributed by atoms with E-state index >= 15 is 0 Å². The summed E-state index contributed by atoms with van der Waals surface area (Å²) in [6.07, 6.45) is 0. The van der Waals surface area contributed by atoms with Gasteiger partial charge in [0.1, 0.15) is 5.75 Å². The highest BCUT2D eigenvalue weighted by Gasteiger charge is 2.13. The first-order valence-electron chi connectivity index (χ1n) is 7.58. The molecule has 6 heteroatoms. The summed E-state index contributed by atoms with van der Waals surface area (Å²) in [7, 11) is 5.58. The van der Waals surface area contributed by atoms with E-state index in [0.717, 1.165) is 22.9 Å². The summed E-state index contributed by atoms with van der Waals surface area (Å²) in [5.74, 6) is 2.40. The summed E-state index contributed by atoms with van der Waals surface area (Å²) in [5.41, 5.74) is 2.04. The van der Waals surface area contributed by atoms with Gasteiger partial charge in [-0.2, -0.15) is 0 Å². The molecule has 0 unspecified atom stereocenters. The van der Waals surface area contributed by atoms with Gasteiger partial charge in [0.15, 0.2) is 11.6 Å². The first-order valence-corrected chi connectivity index (χ1v) is 7.96.